The molecule has 0 unspecified atom stereocenters. The number of carbonyl (C=O) groups is 1. The second-order valence-corrected chi connectivity index (χ2v) is 5.82. The highest BCUT2D eigenvalue weighted by Crippen LogP contribution is 2.26. The van der Waals surface area contributed by atoms with E-state index in [1.54, 1.807) is 7.11 Å². The first-order chi connectivity index (χ1) is 9.93. The molecular weight excluding hydrogens is 330 g/mol. The molecule has 0 radical (unpaired) electrons. The first-order valence-electron chi connectivity index (χ1n) is 6.65. The molecule has 0 aliphatic heterocycles. The summed E-state index contributed by atoms with van der Waals surface area (Å²) in [6, 6.07) is 9.15. The van der Waals surface area contributed by atoms with Crippen LogP contribution < -0.4 is 10.1 Å². The Kier molecular flexibility index (Phi) is 4.68. The fourth-order valence-corrected chi connectivity index (χ4v) is 2.64. The van der Waals surface area contributed by atoms with E-state index in [0.29, 0.717) is 5.56 Å². The Labute approximate surface area is 133 Å². The molecule has 1 N–H and O–H groups in total. The zero-order valence-corrected chi connectivity index (χ0v) is 14.2. The van der Waals surface area contributed by atoms with Gasteiger partial charge in [0.05, 0.1) is 7.11 Å². The highest BCUT2D eigenvalue weighted by Gasteiger charge is 2.14. The Hall–Kier alpha value is -1.81. The van der Waals surface area contributed by atoms with E-state index < -0.39 is 0 Å². The zero-order valence-electron chi connectivity index (χ0n) is 12.6. The second kappa shape index (κ2) is 6.31. The minimum absolute atomic E-state index is 0.110. The van der Waals surface area contributed by atoms with Gasteiger partial charge in [-0.25, -0.2) is 0 Å². The van der Waals surface area contributed by atoms with Crippen LogP contribution in [-0.4, -0.2) is 13.0 Å². The molecule has 0 spiro atoms. The average Bonchev–Trinajstić information content (AvgIpc) is 2.49. The molecule has 0 saturated carbocycles. The standard InChI is InChI=1S/C17H18BrNO2/c1-10-11(2)15(9-16(18)12(10)3)17(20)19-13-5-7-14(21-4)8-6-13/h5-9H,1-4H3,(H,19,20). The number of anilines is 1. The summed E-state index contributed by atoms with van der Waals surface area (Å²) < 4.78 is 6.05. The van der Waals surface area contributed by atoms with Gasteiger partial charge in [-0.15, -0.1) is 0 Å². The number of ether oxygens (including phenoxy) is 1. The lowest BCUT2D eigenvalue weighted by Gasteiger charge is -2.13. The van der Waals surface area contributed by atoms with E-state index in [4.69, 9.17) is 4.74 Å². The third-order valence-electron chi connectivity index (χ3n) is 3.75. The molecule has 2 aromatic carbocycles. The van der Waals surface area contributed by atoms with Crippen molar-refractivity contribution in [3.63, 3.8) is 0 Å². The third kappa shape index (κ3) is 3.27. The van der Waals surface area contributed by atoms with E-state index in [-0.39, 0.29) is 5.91 Å². The van der Waals surface area contributed by atoms with E-state index in [9.17, 15) is 4.79 Å². The van der Waals surface area contributed by atoms with E-state index in [2.05, 4.69) is 21.2 Å². The Morgan fingerprint density at radius 3 is 2.24 bits per heavy atom. The minimum Gasteiger partial charge on any atom is -0.497 e. The van der Waals surface area contributed by atoms with Crippen molar-refractivity contribution in [1.82, 2.24) is 0 Å². The normalized spacial score (nSPS) is 10.3. The van der Waals surface area contributed by atoms with Crippen LogP contribution in [0.15, 0.2) is 34.8 Å². The van der Waals surface area contributed by atoms with Gasteiger partial charge >= 0.3 is 0 Å². The van der Waals surface area contributed by atoms with E-state index in [0.717, 1.165) is 32.6 Å². The van der Waals surface area contributed by atoms with Gasteiger partial charge in [-0.05, 0) is 67.8 Å². The van der Waals surface area contributed by atoms with Crippen LogP contribution in [0, 0.1) is 20.8 Å². The maximum atomic E-state index is 12.4. The molecule has 2 rings (SSSR count). The van der Waals surface area contributed by atoms with Crippen molar-refractivity contribution < 1.29 is 9.53 Å². The molecule has 0 aliphatic carbocycles. The monoisotopic (exact) mass is 347 g/mol. The number of methoxy groups -OCH3 is 1. The number of hydrogen-bond acceptors (Lipinski definition) is 2. The van der Waals surface area contributed by atoms with Crippen molar-refractivity contribution in [2.45, 2.75) is 20.8 Å². The molecule has 0 atom stereocenters. The summed E-state index contributed by atoms with van der Waals surface area (Å²) in [5.41, 5.74) is 4.72. The number of benzene rings is 2. The maximum Gasteiger partial charge on any atom is 0.255 e. The number of rotatable bonds is 3. The van der Waals surface area contributed by atoms with Gasteiger partial charge in [-0.3, -0.25) is 4.79 Å². The zero-order chi connectivity index (χ0) is 15.6. The summed E-state index contributed by atoms with van der Waals surface area (Å²) in [7, 11) is 1.61. The largest absolute Gasteiger partial charge is 0.497 e. The van der Waals surface area contributed by atoms with Crippen LogP contribution in [0.3, 0.4) is 0 Å². The summed E-state index contributed by atoms with van der Waals surface area (Å²) >= 11 is 3.51. The van der Waals surface area contributed by atoms with Crippen LogP contribution in [0.25, 0.3) is 0 Å². The molecule has 2 aromatic rings. The molecule has 0 aromatic heterocycles. The Morgan fingerprint density at radius 2 is 1.67 bits per heavy atom. The molecule has 0 saturated heterocycles. The van der Waals surface area contributed by atoms with Crippen molar-refractivity contribution >= 4 is 27.5 Å². The van der Waals surface area contributed by atoms with Gasteiger partial charge in [0.1, 0.15) is 5.75 Å². The van der Waals surface area contributed by atoms with E-state index in [1.165, 1.54) is 0 Å². The number of halogens is 1. The molecule has 21 heavy (non-hydrogen) atoms. The predicted octanol–water partition coefficient (Wildman–Crippen LogP) is 4.64. The van der Waals surface area contributed by atoms with Gasteiger partial charge in [0.15, 0.2) is 0 Å². The minimum atomic E-state index is -0.110. The van der Waals surface area contributed by atoms with Gasteiger partial charge in [0, 0.05) is 15.7 Å². The lowest BCUT2D eigenvalue weighted by atomic mass is 9.98. The molecule has 3 nitrogen and oxygen atoms in total. The van der Waals surface area contributed by atoms with Crippen molar-refractivity contribution in [3.05, 3.63) is 57.1 Å². The number of amides is 1. The number of nitrogens with one attached hydrogen (secondary N) is 1. The Bertz CT molecular complexity index is 678. The van der Waals surface area contributed by atoms with Crippen LogP contribution in [0.1, 0.15) is 27.0 Å². The number of hydrogen-bond donors (Lipinski definition) is 1. The highest BCUT2D eigenvalue weighted by atomic mass is 79.9. The molecule has 0 aliphatic rings. The highest BCUT2D eigenvalue weighted by molar-refractivity contribution is 9.10. The van der Waals surface area contributed by atoms with Crippen LogP contribution in [0.4, 0.5) is 5.69 Å². The van der Waals surface area contributed by atoms with Crippen molar-refractivity contribution in [2.75, 3.05) is 12.4 Å². The fraction of sp³-hybridized carbons (Fsp3) is 0.235. The third-order valence-corrected chi connectivity index (χ3v) is 4.57. The van der Waals surface area contributed by atoms with Gasteiger partial charge in [0.2, 0.25) is 0 Å². The molecule has 0 fully saturated rings. The topological polar surface area (TPSA) is 38.3 Å². The summed E-state index contributed by atoms with van der Waals surface area (Å²) in [6.45, 7) is 6.04. The Balaban J connectivity index is 2.28. The molecule has 110 valence electrons. The number of carbonyl (C=O) groups excluding carboxylic acids is 1. The molecule has 1 amide bonds. The van der Waals surface area contributed by atoms with Crippen LogP contribution in [-0.2, 0) is 0 Å². The lowest BCUT2D eigenvalue weighted by molar-refractivity contribution is 0.102. The molecular formula is C17H18BrNO2. The van der Waals surface area contributed by atoms with Crippen LogP contribution in [0.5, 0.6) is 5.75 Å². The van der Waals surface area contributed by atoms with Crippen molar-refractivity contribution in [3.8, 4) is 5.75 Å². The summed E-state index contributed by atoms with van der Waals surface area (Å²) in [5.74, 6) is 0.652. The van der Waals surface area contributed by atoms with Crippen LogP contribution in [0.2, 0.25) is 0 Å². The SMILES string of the molecule is COc1ccc(NC(=O)c2cc(Br)c(C)c(C)c2C)cc1. The predicted molar refractivity (Wildman–Crippen MR) is 89.3 cm³/mol. The lowest BCUT2D eigenvalue weighted by Crippen LogP contribution is -2.14. The van der Waals surface area contributed by atoms with E-state index >= 15 is 0 Å². The van der Waals surface area contributed by atoms with Gasteiger partial charge in [-0.2, -0.15) is 0 Å². The summed E-state index contributed by atoms with van der Waals surface area (Å²) in [4.78, 5) is 12.4. The first kappa shape index (κ1) is 15.6. The van der Waals surface area contributed by atoms with Crippen LogP contribution >= 0.6 is 15.9 Å². The smallest absolute Gasteiger partial charge is 0.255 e. The van der Waals surface area contributed by atoms with Gasteiger partial charge < -0.3 is 10.1 Å². The molecule has 0 bridgehead atoms. The quantitative estimate of drug-likeness (QED) is 0.878. The fourth-order valence-electron chi connectivity index (χ4n) is 2.11. The maximum absolute atomic E-state index is 12.4. The average molecular weight is 348 g/mol. The van der Waals surface area contributed by atoms with Crippen molar-refractivity contribution in [1.29, 1.82) is 0 Å². The molecule has 4 heteroatoms. The Morgan fingerprint density at radius 1 is 1.05 bits per heavy atom. The van der Waals surface area contributed by atoms with E-state index in [1.807, 2.05) is 51.1 Å². The van der Waals surface area contributed by atoms with Gasteiger partial charge in [0.25, 0.3) is 5.91 Å². The van der Waals surface area contributed by atoms with Crippen molar-refractivity contribution in [2.24, 2.45) is 0 Å². The molecule has 0 heterocycles. The van der Waals surface area contributed by atoms with Gasteiger partial charge in [-0.1, -0.05) is 15.9 Å². The second-order valence-electron chi connectivity index (χ2n) is 4.96. The summed E-state index contributed by atoms with van der Waals surface area (Å²) in [6.07, 6.45) is 0. The summed E-state index contributed by atoms with van der Waals surface area (Å²) in [5, 5.41) is 2.91. The first-order valence-corrected chi connectivity index (χ1v) is 7.45.